The third-order valence-corrected chi connectivity index (χ3v) is 3.94. The number of likely N-dealkylation sites (N-methyl/N-ethyl adjacent to an activating group) is 1. The molecule has 1 aromatic carbocycles. The predicted molar refractivity (Wildman–Crippen MR) is 73.2 cm³/mol. The highest BCUT2D eigenvalue weighted by atomic mass is 79.9. The van der Waals surface area contributed by atoms with Crippen molar-refractivity contribution in [3.05, 3.63) is 28.2 Å². The molecular formula is C13H19BrN2. The number of benzene rings is 1. The Hall–Kier alpha value is -0.540. The third-order valence-electron chi connectivity index (χ3n) is 3.20. The third kappa shape index (κ3) is 1.98. The standard InChI is InChI=1S/C13H19BrN2/c1-9(2)16-10(8-15-3)7-11-12(14)5-4-6-13(11)16/h4-6,9-10,15H,7-8H2,1-3H3. The molecule has 2 rings (SSSR count). The minimum Gasteiger partial charge on any atom is -0.364 e. The summed E-state index contributed by atoms with van der Waals surface area (Å²) < 4.78 is 1.24. The second kappa shape index (κ2) is 4.76. The van der Waals surface area contributed by atoms with Gasteiger partial charge >= 0.3 is 0 Å². The Morgan fingerprint density at radius 1 is 1.50 bits per heavy atom. The maximum absolute atomic E-state index is 3.66. The topological polar surface area (TPSA) is 15.3 Å². The van der Waals surface area contributed by atoms with Crippen LogP contribution in [-0.2, 0) is 6.42 Å². The number of hydrogen-bond acceptors (Lipinski definition) is 2. The molecule has 0 saturated heterocycles. The molecule has 1 unspecified atom stereocenters. The van der Waals surface area contributed by atoms with E-state index in [9.17, 15) is 0 Å². The summed E-state index contributed by atoms with van der Waals surface area (Å²) in [4.78, 5) is 2.52. The zero-order valence-electron chi connectivity index (χ0n) is 10.1. The lowest BCUT2D eigenvalue weighted by Gasteiger charge is -2.31. The van der Waals surface area contributed by atoms with Crippen LogP contribution in [0.3, 0.4) is 0 Å². The highest BCUT2D eigenvalue weighted by Gasteiger charge is 2.31. The molecule has 88 valence electrons. The number of nitrogens with zero attached hydrogens (tertiary/aromatic N) is 1. The van der Waals surface area contributed by atoms with Gasteiger partial charge in [0.1, 0.15) is 0 Å². The van der Waals surface area contributed by atoms with E-state index in [-0.39, 0.29) is 0 Å². The molecule has 0 amide bonds. The Kier molecular flexibility index (Phi) is 3.55. The first-order valence-electron chi connectivity index (χ1n) is 5.85. The molecule has 3 heteroatoms. The van der Waals surface area contributed by atoms with E-state index >= 15 is 0 Å². The molecule has 0 spiro atoms. The van der Waals surface area contributed by atoms with E-state index in [1.165, 1.54) is 15.7 Å². The smallest absolute Gasteiger partial charge is 0.0458 e. The van der Waals surface area contributed by atoms with Gasteiger partial charge in [-0.05, 0) is 45.0 Å². The van der Waals surface area contributed by atoms with Crippen molar-refractivity contribution < 1.29 is 0 Å². The Labute approximate surface area is 106 Å². The van der Waals surface area contributed by atoms with Crippen molar-refractivity contribution >= 4 is 21.6 Å². The lowest BCUT2D eigenvalue weighted by molar-refractivity contribution is 0.543. The lowest BCUT2D eigenvalue weighted by atomic mass is 10.1. The SMILES string of the molecule is CNCC1Cc2c(Br)cccc2N1C(C)C. The molecule has 0 aliphatic carbocycles. The molecule has 0 radical (unpaired) electrons. The zero-order valence-corrected chi connectivity index (χ0v) is 11.7. The minimum absolute atomic E-state index is 0.550. The number of hydrogen-bond donors (Lipinski definition) is 1. The lowest BCUT2D eigenvalue weighted by Crippen LogP contribution is -2.43. The van der Waals surface area contributed by atoms with Crippen molar-refractivity contribution in [2.24, 2.45) is 0 Å². The highest BCUT2D eigenvalue weighted by Crippen LogP contribution is 2.37. The second-order valence-electron chi connectivity index (χ2n) is 4.65. The van der Waals surface area contributed by atoms with Gasteiger partial charge in [0.15, 0.2) is 0 Å². The Balaban J connectivity index is 2.37. The largest absolute Gasteiger partial charge is 0.364 e. The maximum Gasteiger partial charge on any atom is 0.0458 e. The monoisotopic (exact) mass is 282 g/mol. The fourth-order valence-corrected chi connectivity index (χ4v) is 3.15. The van der Waals surface area contributed by atoms with Crippen molar-refractivity contribution in [3.8, 4) is 0 Å². The summed E-state index contributed by atoms with van der Waals surface area (Å²) in [7, 11) is 2.02. The first kappa shape index (κ1) is 11.9. The molecule has 2 nitrogen and oxygen atoms in total. The van der Waals surface area contributed by atoms with Gasteiger partial charge in [0.25, 0.3) is 0 Å². The Morgan fingerprint density at radius 2 is 2.25 bits per heavy atom. The summed E-state index contributed by atoms with van der Waals surface area (Å²) in [5, 5.41) is 3.29. The molecule has 0 fully saturated rings. The normalized spacial score (nSPS) is 19.3. The second-order valence-corrected chi connectivity index (χ2v) is 5.51. The fraction of sp³-hybridized carbons (Fsp3) is 0.538. The average Bonchev–Trinajstić information content (AvgIpc) is 2.58. The van der Waals surface area contributed by atoms with E-state index in [4.69, 9.17) is 0 Å². The Bertz CT molecular complexity index is 376. The van der Waals surface area contributed by atoms with Crippen molar-refractivity contribution in [3.63, 3.8) is 0 Å². The number of nitrogens with one attached hydrogen (secondary N) is 1. The van der Waals surface area contributed by atoms with E-state index in [1.807, 2.05) is 7.05 Å². The molecule has 1 N–H and O–H groups in total. The number of halogens is 1. The van der Waals surface area contributed by atoms with Crippen molar-refractivity contribution in [1.82, 2.24) is 5.32 Å². The van der Waals surface area contributed by atoms with Crippen LogP contribution in [0.5, 0.6) is 0 Å². The van der Waals surface area contributed by atoms with Crippen LogP contribution in [0.25, 0.3) is 0 Å². The van der Waals surface area contributed by atoms with Gasteiger partial charge in [-0.2, -0.15) is 0 Å². The molecule has 1 aromatic rings. The van der Waals surface area contributed by atoms with Gasteiger partial charge in [-0.3, -0.25) is 0 Å². The zero-order chi connectivity index (χ0) is 11.7. The molecule has 16 heavy (non-hydrogen) atoms. The molecule has 1 aliphatic rings. The van der Waals surface area contributed by atoms with Crippen LogP contribution >= 0.6 is 15.9 Å². The van der Waals surface area contributed by atoms with Crippen molar-refractivity contribution in [2.75, 3.05) is 18.5 Å². The van der Waals surface area contributed by atoms with Crippen LogP contribution in [0.15, 0.2) is 22.7 Å². The molecular weight excluding hydrogens is 264 g/mol. The van der Waals surface area contributed by atoms with Gasteiger partial charge in [-0.1, -0.05) is 22.0 Å². The summed E-state index contributed by atoms with van der Waals surface area (Å²) in [6, 6.07) is 7.63. The number of rotatable bonds is 3. The number of fused-ring (bicyclic) bond motifs is 1. The van der Waals surface area contributed by atoms with Gasteiger partial charge < -0.3 is 10.2 Å². The fourth-order valence-electron chi connectivity index (χ4n) is 2.63. The first-order chi connectivity index (χ1) is 7.65. The van der Waals surface area contributed by atoms with Gasteiger partial charge in [0.2, 0.25) is 0 Å². The van der Waals surface area contributed by atoms with Crippen molar-refractivity contribution in [2.45, 2.75) is 32.4 Å². The molecule has 1 aliphatic heterocycles. The quantitative estimate of drug-likeness (QED) is 0.917. The van der Waals surface area contributed by atoms with E-state index in [2.05, 4.69) is 58.2 Å². The van der Waals surface area contributed by atoms with E-state index < -0.39 is 0 Å². The summed E-state index contributed by atoms with van der Waals surface area (Å²) in [5.41, 5.74) is 2.85. The summed E-state index contributed by atoms with van der Waals surface area (Å²) in [5.74, 6) is 0. The van der Waals surface area contributed by atoms with E-state index in [0.717, 1.165) is 13.0 Å². The highest BCUT2D eigenvalue weighted by molar-refractivity contribution is 9.10. The van der Waals surface area contributed by atoms with Gasteiger partial charge in [-0.15, -0.1) is 0 Å². The van der Waals surface area contributed by atoms with Crippen molar-refractivity contribution in [1.29, 1.82) is 0 Å². The number of anilines is 1. The molecule has 0 bridgehead atoms. The van der Waals surface area contributed by atoms with Gasteiger partial charge in [0.05, 0.1) is 0 Å². The van der Waals surface area contributed by atoms with E-state index in [1.54, 1.807) is 0 Å². The van der Waals surface area contributed by atoms with Crippen LogP contribution in [0.2, 0.25) is 0 Å². The van der Waals surface area contributed by atoms with Crippen LogP contribution in [0.4, 0.5) is 5.69 Å². The van der Waals surface area contributed by atoms with Gasteiger partial charge in [-0.25, -0.2) is 0 Å². The molecule has 1 atom stereocenters. The van der Waals surface area contributed by atoms with Crippen LogP contribution < -0.4 is 10.2 Å². The van der Waals surface area contributed by atoms with Crippen LogP contribution in [0.1, 0.15) is 19.4 Å². The minimum atomic E-state index is 0.550. The van der Waals surface area contributed by atoms with Gasteiger partial charge in [0, 0.05) is 28.8 Å². The summed E-state index contributed by atoms with van der Waals surface area (Å²) >= 11 is 3.66. The summed E-state index contributed by atoms with van der Waals surface area (Å²) in [6.07, 6.45) is 1.13. The predicted octanol–water partition coefficient (Wildman–Crippen LogP) is 2.81. The maximum atomic E-state index is 3.66. The van der Waals surface area contributed by atoms with E-state index in [0.29, 0.717) is 12.1 Å². The average molecular weight is 283 g/mol. The van der Waals surface area contributed by atoms with Crippen LogP contribution in [-0.4, -0.2) is 25.7 Å². The van der Waals surface area contributed by atoms with Crippen LogP contribution in [0, 0.1) is 0 Å². The Morgan fingerprint density at radius 3 is 2.88 bits per heavy atom. The summed E-state index contributed by atoms with van der Waals surface area (Å²) in [6.45, 7) is 5.57. The molecule has 0 aromatic heterocycles. The molecule has 1 heterocycles. The molecule has 0 saturated carbocycles. The first-order valence-corrected chi connectivity index (χ1v) is 6.64.